The summed E-state index contributed by atoms with van der Waals surface area (Å²) >= 11 is 12.6. The smallest absolute Gasteiger partial charge is 0.158 e. The van der Waals surface area contributed by atoms with Crippen molar-refractivity contribution >= 4 is 49.1 Å². The highest BCUT2D eigenvalue weighted by Gasteiger charge is 2.21. The van der Waals surface area contributed by atoms with Crippen LogP contribution in [0, 0.1) is 5.82 Å². The van der Waals surface area contributed by atoms with Crippen LogP contribution in [0.1, 0.15) is 12.8 Å². The summed E-state index contributed by atoms with van der Waals surface area (Å²) in [6, 6.07) is 1.70. The lowest BCUT2D eigenvalue weighted by atomic mass is 10.3. The van der Waals surface area contributed by atoms with Crippen LogP contribution in [0.3, 0.4) is 0 Å². The van der Waals surface area contributed by atoms with Crippen LogP contribution in [0.5, 0.6) is 0 Å². The van der Waals surface area contributed by atoms with Crippen molar-refractivity contribution in [2.75, 3.05) is 18.0 Å². The Kier molecular flexibility index (Phi) is 3.58. The van der Waals surface area contributed by atoms with Crippen molar-refractivity contribution in [2.24, 2.45) is 0 Å². The fourth-order valence-corrected chi connectivity index (χ4v) is 3.75. The first-order chi connectivity index (χ1) is 7.11. The van der Waals surface area contributed by atoms with E-state index in [0.717, 1.165) is 36.1 Å². The summed E-state index contributed by atoms with van der Waals surface area (Å²) in [5.74, 6) is -0.387. The minimum absolute atomic E-state index is 0.193. The van der Waals surface area contributed by atoms with Crippen LogP contribution >= 0.6 is 43.5 Å². The van der Waals surface area contributed by atoms with E-state index >= 15 is 0 Å². The monoisotopic (exact) mass is 355 g/mol. The van der Waals surface area contributed by atoms with Crippen LogP contribution in [0.4, 0.5) is 10.1 Å². The molecule has 0 radical (unpaired) electrons. The van der Waals surface area contributed by atoms with Crippen molar-refractivity contribution in [1.82, 2.24) is 0 Å². The summed E-state index contributed by atoms with van der Waals surface area (Å²) in [5.41, 5.74) is 0.773. The van der Waals surface area contributed by atoms with Gasteiger partial charge in [-0.25, -0.2) is 4.39 Å². The summed E-state index contributed by atoms with van der Waals surface area (Å²) in [6.45, 7) is 1.89. The fourth-order valence-electron chi connectivity index (χ4n) is 1.79. The summed E-state index contributed by atoms with van der Waals surface area (Å²) in [4.78, 5) is 2.11. The van der Waals surface area contributed by atoms with Crippen molar-refractivity contribution in [2.45, 2.75) is 12.8 Å². The molecular weight excluding hydrogens is 348 g/mol. The van der Waals surface area contributed by atoms with Crippen LogP contribution in [-0.2, 0) is 0 Å². The van der Waals surface area contributed by atoms with E-state index in [4.69, 9.17) is 11.6 Å². The zero-order valence-corrected chi connectivity index (χ0v) is 11.8. The predicted octanol–water partition coefficient (Wildman–Crippen LogP) is 4.60. The second-order valence-corrected chi connectivity index (χ2v) is 5.60. The number of rotatable bonds is 1. The number of nitrogens with zero attached hydrogens (tertiary/aromatic N) is 1. The second-order valence-electron chi connectivity index (χ2n) is 3.51. The van der Waals surface area contributed by atoms with Gasteiger partial charge in [0, 0.05) is 17.6 Å². The van der Waals surface area contributed by atoms with Gasteiger partial charge in [0.2, 0.25) is 0 Å². The molecule has 1 nitrogen and oxygen atoms in total. The highest BCUT2D eigenvalue weighted by Crippen LogP contribution is 2.40. The van der Waals surface area contributed by atoms with E-state index in [1.807, 2.05) is 0 Å². The molecule has 1 saturated heterocycles. The number of hydrogen-bond donors (Lipinski definition) is 0. The van der Waals surface area contributed by atoms with Gasteiger partial charge in [0.05, 0.1) is 10.2 Å². The van der Waals surface area contributed by atoms with Crippen molar-refractivity contribution < 1.29 is 4.39 Å². The van der Waals surface area contributed by atoms with E-state index in [1.54, 1.807) is 6.07 Å². The summed E-state index contributed by atoms with van der Waals surface area (Å²) < 4.78 is 14.8. The molecule has 0 unspecified atom stereocenters. The van der Waals surface area contributed by atoms with Gasteiger partial charge in [0.25, 0.3) is 0 Å². The van der Waals surface area contributed by atoms with Crippen LogP contribution in [0.25, 0.3) is 0 Å². The molecule has 1 heterocycles. The molecule has 1 aliphatic rings. The third-order valence-electron chi connectivity index (χ3n) is 2.51. The molecule has 0 aliphatic carbocycles. The molecule has 0 bridgehead atoms. The molecule has 5 heteroatoms. The van der Waals surface area contributed by atoms with Crippen molar-refractivity contribution in [1.29, 1.82) is 0 Å². The lowest BCUT2D eigenvalue weighted by Gasteiger charge is -2.21. The average Bonchev–Trinajstić information content (AvgIpc) is 2.68. The minimum atomic E-state index is -0.387. The third kappa shape index (κ3) is 2.17. The molecule has 1 aliphatic heterocycles. The quantitative estimate of drug-likeness (QED) is 0.524. The first kappa shape index (κ1) is 11.7. The molecule has 15 heavy (non-hydrogen) atoms. The number of halogens is 4. The molecule has 1 fully saturated rings. The maximum absolute atomic E-state index is 13.6. The Bertz CT molecular complexity index is 391. The number of benzene rings is 1. The van der Waals surface area contributed by atoms with Gasteiger partial charge in [-0.2, -0.15) is 0 Å². The highest BCUT2D eigenvalue weighted by atomic mass is 79.9. The Morgan fingerprint density at radius 2 is 1.80 bits per heavy atom. The fraction of sp³-hybridized carbons (Fsp3) is 0.400. The maximum Gasteiger partial charge on any atom is 0.158 e. The topological polar surface area (TPSA) is 3.24 Å². The van der Waals surface area contributed by atoms with Crippen molar-refractivity contribution in [3.05, 3.63) is 25.9 Å². The van der Waals surface area contributed by atoms with Gasteiger partial charge in [-0.15, -0.1) is 0 Å². The molecule has 0 saturated carbocycles. The molecular formula is C10H9Br2ClFN. The van der Waals surface area contributed by atoms with E-state index in [-0.39, 0.29) is 10.8 Å². The number of hydrogen-bond acceptors (Lipinski definition) is 1. The van der Waals surface area contributed by atoms with Gasteiger partial charge in [0.1, 0.15) is 5.02 Å². The SMILES string of the molecule is Fc1c(Br)cc(Br)c(N2CCCC2)c1Cl. The van der Waals surface area contributed by atoms with Gasteiger partial charge in [-0.05, 0) is 50.8 Å². The third-order valence-corrected chi connectivity index (χ3v) is 4.04. The van der Waals surface area contributed by atoms with Crippen LogP contribution < -0.4 is 4.90 Å². The van der Waals surface area contributed by atoms with Gasteiger partial charge >= 0.3 is 0 Å². The van der Waals surface area contributed by atoms with Crippen molar-refractivity contribution in [3.63, 3.8) is 0 Å². The lowest BCUT2D eigenvalue weighted by molar-refractivity contribution is 0.620. The number of anilines is 1. The predicted molar refractivity (Wildman–Crippen MR) is 68.3 cm³/mol. The zero-order valence-electron chi connectivity index (χ0n) is 7.86. The summed E-state index contributed by atoms with van der Waals surface area (Å²) in [7, 11) is 0. The van der Waals surface area contributed by atoms with E-state index in [2.05, 4.69) is 36.8 Å². The van der Waals surface area contributed by atoms with E-state index < -0.39 is 0 Å². The lowest BCUT2D eigenvalue weighted by Crippen LogP contribution is -2.19. The molecule has 1 aromatic carbocycles. The van der Waals surface area contributed by atoms with Crippen LogP contribution in [0.2, 0.25) is 5.02 Å². The largest absolute Gasteiger partial charge is 0.369 e. The highest BCUT2D eigenvalue weighted by molar-refractivity contribution is 9.11. The Morgan fingerprint density at radius 3 is 2.40 bits per heavy atom. The van der Waals surface area contributed by atoms with Gasteiger partial charge in [-0.1, -0.05) is 11.6 Å². The molecule has 0 amide bonds. The average molecular weight is 357 g/mol. The first-order valence-corrected chi connectivity index (χ1v) is 6.65. The van der Waals surface area contributed by atoms with E-state index in [0.29, 0.717) is 4.47 Å². The minimum Gasteiger partial charge on any atom is -0.369 e. The van der Waals surface area contributed by atoms with Gasteiger partial charge < -0.3 is 4.90 Å². The molecule has 1 aromatic rings. The standard InChI is InChI=1S/C10H9Br2ClFN/c11-6-5-7(12)10(8(13)9(6)14)15-3-1-2-4-15/h5H,1-4H2. The Hall–Kier alpha value is 0.200. The van der Waals surface area contributed by atoms with Crippen LogP contribution in [0.15, 0.2) is 15.0 Å². The van der Waals surface area contributed by atoms with Crippen LogP contribution in [-0.4, -0.2) is 13.1 Å². The Balaban J connectivity index is 2.50. The maximum atomic E-state index is 13.6. The Morgan fingerprint density at radius 1 is 1.20 bits per heavy atom. The van der Waals surface area contributed by atoms with E-state index in [9.17, 15) is 4.39 Å². The molecule has 0 spiro atoms. The van der Waals surface area contributed by atoms with Gasteiger partial charge in [-0.3, -0.25) is 0 Å². The molecule has 0 atom stereocenters. The molecule has 82 valence electrons. The zero-order chi connectivity index (χ0) is 11.0. The molecule has 0 aromatic heterocycles. The molecule has 0 N–H and O–H groups in total. The van der Waals surface area contributed by atoms with Crippen molar-refractivity contribution in [3.8, 4) is 0 Å². The van der Waals surface area contributed by atoms with E-state index in [1.165, 1.54) is 0 Å². The summed E-state index contributed by atoms with van der Waals surface area (Å²) in [6.07, 6.45) is 2.28. The first-order valence-electron chi connectivity index (χ1n) is 4.69. The van der Waals surface area contributed by atoms with Gasteiger partial charge in [0.15, 0.2) is 5.82 Å². The normalized spacial score (nSPS) is 16.1. The molecule has 2 rings (SSSR count). The second kappa shape index (κ2) is 4.60. The Labute approximate surface area is 110 Å². The summed E-state index contributed by atoms with van der Waals surface area (Å²) in [5, 5.41) is 0.193.